The fourth-order valence-corrected chi connectivity index (χ4v) is 2.13. The molecule has 0 aromatic rings. The third-order valence-corrected chi connectivity index (χ3v) is 3.34. The van der Waals surface area contributed by atoms with Crippen molar-refractivity contribution in [3.05, 3.63) is 11.8 Å². The molecule has 15 heavy (non-hydrogen) atoms. The Balaban J connectivity index is 1.73. The quantitative estimate of drug-likeness (QED) is 0.735. The van der Waals surface area contributed by atoms with Crippen molar-refractivity contribution in [2.24, 2.45) is 5.92 Å². The summed E-state index contributed by atoms with van der Waals surface area (Å²) in [5.74, 6) is 0.700. The van der Waals surface area contributed by atoms with E-state index in [1.807, 2.05) is 6.20 Å². The SMILES string of the molecule is C/C(=C\NC(=O)NC1CC1)C1CCCC1. The molecule has 2 rings (SSSR count). The number of carbonyl (C=O) groups is 1. The fourth-order valence-electron chi connectivity index (χ4n) is 2.13. The summed E-state index contributed by atoms with van der Waals surface area (Å²) in [6, 6.07) is 0.389. The molecule has 2 saturated carbocycles. The molecule has 0 atom stereocenters. The molecular formula is C12H20N2O. The van der Waals surface area contributed by atoms with E-state index in [-0.39, 0.29) is 6.03 Å². The number of nitrogens with one attached hydrogen (secondary N) is 2. The van der Waals surface area contributed by atoms with Crippen molar-refractivity contribution >= 4 is 6.03 Å². The molecule has 0 aromatic heterocycles. The van der Waals surface area contributed by atoms with Gasteiger partial charge in [-0.3, -0.25) is 0 Å². The number of urea groups is 1. The number of amides is 2. The van der Waals surface area contributed by atoms with Crippen LogP contribution >= 0.6 is 0 Å². The van der Waals surface area contributed by atoms with Crippen molar-refractivity contribution in [1.29, 1.82) is 0 Å². The van der Waals surface area contributed by atoms with Crippen molar-refractivity contribution in [3.8, 4) is 0 Å². The summed E-state index contributed by atoms with van der Waals surface area (Å²) in [7, 11) is 0. The molecule has 2 fully saturated rings. The highest BCUT2D eigenvalue weighted by Crippen LogP contribution is 2.30. The van der Waals surface area contributed by atoms with Crippen LogP contribution in [0.4, 0.5) is 4.79 Å². The molecular weight excluding hydrogens is 188 g/mol. The maximum absolute atomic E-state index is 11.3. The zero-order valence-electron chi connectivity index (χ0n) is 9.38. The van der Waals surface area contributed by atoms with Gasteiger partial charge in [-0.05, 0) is 38.5 Å². The van der Waals surface area contributed by atoms with Crippen molar-refractivity contribution in [2.45, 2.75) is 51.5 Å². The van der Waals surface area contributed by atoms with Crippen LogP contribution in [0.1, 0.15) is 45.4 Å². The molecule has 0 spiro atoms. The van der Waals surface area contributed by atoms with E-state index in [2.05, 4.69) is 17.6 Å². The molecule has 0 radical (unpaired) electrons. The highest BCUT2D eigenvalue weighted by molar-refractivity contribution is 5.75. The van der Waals surface area contributed by atoms with Crippen molar-refractivity contribution in [1.82, 2.24) is 10.6 Å². The number of hydrogen-bond donors (Lipinski definition) is 2. The Morgan fingerprint density at radius 1 is 1.20 bits per heavy atom. The molecule has 0 aliphatic heterocycles. The highest BCUT2D eigenvalue weighted by atomic mass is 16.2. The van der Waals surface area contributed by atoms with E-state index < -0.39 is 0 Å². The standard InChI is InChI=1S/C12H20N2O/c1-9(10-4-2-3-5-10)8-13-12(15)14-11-6-7-11/h8,10-11H,2-7H2,1H3,(H2,13,14,15)/b9-8+. The van der Waals surface area contributed by atoms with Gasteiger partial charge >= 0.3 is 6.03 Å². The Hall–Kier alpha value is -0.990. The molecule has 2 aliphatic carbocycles. The average Bonchev–Trinajstić information content (AvgIpc) is 2.86. The lowest BCUT2D eigenvalue weighted by atomic mass is 10.0. The van der Waals surface area contributed by atoms with E-state index >= 15 is 0 Å². The molecule has 0 aromatic carbocycles. The van der Waals surface area contributed by atoms with Crippen molar-refractivity contribution in [2.75, 3.05) is 0 Å². The fraction of sp³-hybridized carbons (Fsp3) is 0.750. The zero-order valence-corrected chi connectivity index (χ0v) is 9.38. The molecule has 84 valence electrons. The van der Waals surface area contributed by atoms with Crippen LogP contribution in [0.25, 0.3) is 0 Å². The molecule has 0 bridgehead atoms. The molecule has 3 nitrogen and oxygen atoms in total. The maximum atomic E-state index is 11.3. The number of hydrogen-bond acceptors (Lipinski definition) is 1. The van der Waals surface area contributed by atoms with Crippen LogP contribution in [-0.2, 0) is 0 Å². The number of allylic oxidation sites excluding steroid dienone is 1. The molecule has 2 aliphatic rings. The van der Waals surface area contributed by atoms with Crippen LogP contribution in [0.3, 0.4) is 0 Å². The first-order valence-electron chi connectivity index (χ1n) is 5.99. The summed E-state index contributed by atoms with van der Waals surface area (Å²) in [5, 5.41) is 5.72. The smallest absolute Gasteiger partial charge is 0.318 e. The monoisotopic (exact) mass is 208 g/mol. The van der Waals surface area contributed by atoms with Crippen LogP contribution < -0.4 is 10.6 Å². The predicted octanol–water partition coefficient (Wildman–Crippen LogP) is 2.54. The van der Waals surface area contributed by atoms with Crippen LogP contribution in [0, 0.1) is 5.92 Å². The van der Waals surface area contributed by atoms with E-state index in [1.54, 1.807) is 0 Å². The Bertz CT molecular complexity index is 263. The van der Waals surface area contributed by atoms with Gasteiger partial charge in [-0.1, -0.05) is 18.4 Å². The lowest BCUT2D eigenvalue weighted by Crippen LogP contribution is -2.34. The summed E-state index contributed by atoms with van der Waals surface area (Å²) < 4.78 is 0. The van der Waals surface area contributed by atoms with E-state index in [0.29, 0.717) is 12.0 Å². The van der Waals surface area contributed by atoms with E-state index in [9.17, 15) is 4.79 Å². The molecule has 2 amide bonds. The van der Waals surface area contributed by atoms with Crippen molar-refractivity contribution < 1.29 is 4.79 Å². The topological polar surface area (TPSA) is 41.1 Å². The van der Waals surface area contributed by atoms with Gasteiger partial charge in [-0.2, -0.15) is 0 Å². The second-order valence-corrected chi connectivity index (χ2v) is 4.76. The van der Waals surface area contributed by atoms with Crippen LogP contribution in [-0.4, -0.2) is 12.1 Å². The average molecular weight is 208 g/mol. The molecule has 0 heterocycles. The first-order chi connectivity index (χ1) is 7.25. The molecule has 2 N–H and O–H groups in total. The summed E-state index contributed by atoms with van der Waals surface area (Å²) in [6.07, 6.45) is 9.40. The minimum Gasteiger partial charge on any atom is -0.335 e. The normalized spacial score (nSPS) is 22.9. The van der Waals surface area contributed by atoms with Gasteiger partial charge in [0, 0.05) is 12.2 Å². The van der Waals surface area contributed by atoms with Gasteiger partial charge in [0.05, 0.1) is 0 Å². The second kappa shape index (κ2) is 4.69. The third kappa shape index (κ3) is 3.26. The van der Waals surface area contributed by atoms with Gasteiger partial charge in [0.25, 0.3) is 0 Å². The summed E-state index contributed by atoms with van der Waals surface area (Å²) >= 11 is 0. The lowest BCUT2D eigenvalue weighted by molar-refractivity contribution is 0.243. The minimum atomic E-state index is -0.0464. The van der Waals surface area contributed by atoms with Gasteiger partial charge in [-0.15, -0.1) is 0 Å². The summed E-state index contributed by atoms with van der Waals surface area (Å²) in [4.78, 5) is 11.3. The van der Waals surface area contributed by atoms with Gasteiger partial charge in [0.1, 0.15) is 0 Å². The second-order valence-electron chi connectivity index (χ2n) is 4.76. The molecule has 0 unspecified atom stereocenters. The predicted molar refractivity (Wildman–Crippen MR) is 60.4 cm³/mol. The summed E-state index contributed by atoms with van der Waals surface area (Å²) in [5.41, 5.74) is 1.32. The highest BCUT2D eigenvalue weighted by Gasteiger charge is 2.23. The Labute approximate surface area is 91.3 Å². The first kappa shape index (κ1) is 10.5. The summed E-state index contributed by atoms with van der Waals surface area (Å²) in [6.45, 7) is 2.12. The lowest BCUT2D eigenvalue weighted by Gasteiger charge is -2.10. The van der Waals surface area contributed by atoms with Crippen LogP contribution in [0.5, 0.6) is 0 Å². The van der Waals surface area contributed by atoms with Gasteiger partial charge in [0.15, 0.2) is 0 Å². The Morgan fingerprint density at radius 3 is 2.47 bits per heavy atom. The Kier molecular flexibility index (Phi) is 3.29. The number of rotatable bonds is 3. The largest absolute Gasteiger partial charge is 0.335 e. The van der Waals surface area contributed by atoms with E-state index in [4.69, 9.17) is 0 Å². The molecule has 0 saturated heterocycles. The van der Waals surface area contributed by atoms with Crippen molar-refractivity contribution in [3.63, 3.8) is 0 Å². The van der Waals surface area contributed by atoms with Crippen LogP contribution in [0.2, 0.25) is 0 Å². The van der Waals surface area contributed by atoms with Gasteiger partial charge < -0.3 is 10.6 Å². The van der Waals surface area contributed by atoms with Crippen LogP contribution in [0.15, 0.2) is 11.8 Å². The number of carbonyl (C=O) groups excluding carboxylic acids is 1. The zero-order chi connectivity index (χ0) is 10.7. The minimum absolute atomic E-state index is 0.0464. The van der Waals surface area contributed by atoms with E-state index in [0.717, 1.165) is 12.8 Å². The maximum Gasteiger partial charge on any atom is 0.318 e. The third-order valence-electron chi connectivity index (χ3n) is 3.34. The van der Waals surface area contributed by atoms with E-state index in [1.165, 1.54) is 31.3 Å². The molecule has 3 heteroatoms. The first-order valence-corrected chi connectivity index (χ1v) is 5.99. The van der Waals surface area contributed by atoms with Gasteiger partial charge in [0.2, 0.25) is 0 Å². The van der Waals surface area contributed by atoms with Gasteiger partial charge in [-0.25, -0.2) is 4.79 Å². The Morgan fingerprint density at radius 2 is 1.87 bits per heavy atom.